The lowest BCUT2D eigenvalue weighted by molar-refractivity contribution is -0.0382. The molecule has 1 aliphatic heterocycles. The highest BCUT2D eigenvalue weighted by molar-refractivity contribution is 6.11. The van der Waals surface area contributed by atoms with Crippen LogP contribution in [0.25, 0.3) is 0 Å². The van der Waals surface area contributed by atoms with Crippen molar-refractivity contribution >= 4 is 7.85 Å². The first-order valence-electron chi connectivity index (χ1n) is 4.72. The molecular weight excluding hydrogens is 147 g/mol. The van der Waals surface area contributed by atoms with Gasteiger partial charge >= 0.3 is 0 Å². The van der Waals surface area contributed by atoms with Crippen molar-refractivity contribution in [3.05, 3.63) is 12.2 Å². The molecule has 2 radical (unpaired) electrons. The standard InChI is InChI=1S/C10H15BO/c1-4-10-5-6(2)8(7(10)3)9(11)12-10/h7-9H,2,4-5H2,1,3H3/t7-,8?,9-,10+/m1/s1. The third-order valence-electron chi connectivity index (χ3n) is 3.69. The SMILES string of the molecule is [B][C@@H]1O[C@@]2(CC)CC(=C)C1[C@H]2C. The molecule has 2 rings (SSSR count). The van der Waals surface area contributed by atoms with Gasteiger partial charge in [0.2, 0.25) is 0 Å². The van der Waals surface area contributed by atoms with Gasteiger partial charge in [-0.3, -0.25) is 0 Å². The average Bonchev–Trinajstić information content (AvgIpc) is 2.37. The van der Waals surface area contributed by atoms with Gasteiger partial charge in [0.15, 0.2) is 0 Å². The van der Waals surface area contributed by atoms with Gasteiger partial charge in [0.25, 0.3) is 0 Å². The van der Waals surface area contributed by atoms with Crippen molar-refractivity contribution < 1.29 is 4.74 Å². The molecule has 1 unspecified atom stereocenters. The molecule has 1 heterocycles. The number of hydrogen-bond acceptors (Lipinski definition) is 1. The Morgan fingerprint density at radius 3 is 2.75 bits per heavy atom. The topological polar surface area (TPSA) is 9.23 Å². The Hall–Kier alpha value is -0.235. The minimum atomic E-state index is -0.0961. The van der Waals surface area contributed by atoms with Crippen molar-refractivity contribution in [1.82, 2.24) is 0 Å². The molecule has 0 aromatic rings. The van der Waals surface area contributed by atoms with E-state index in [1.165, 1.54) is 5.57 Å². The van der Waals surface area contributed by atoms with E-state index in [0.717, 1.165) is 12.8 Å². The smallest absolute Gasteiger partial charge is 0.109 e. The van der Waals surface area contributed by atoms with Gasteiger partial charge < -0.3 is 4.74 Å². The first kappa shape index (κ1) is 8.37. The summed E-state index contributed by atoms with van der Waals surface area (Å²) in [5.74, 6) is 0.968. The summed E-state index contributed by atoms with van der Waals surface area (Å²) in [5.41, 5.74) is 1.32. The third kappa shape index (κ3) is 0.793. The Morgan fingerprint density at radius 2 is 2.42 bits per heavy atom. The summed E-state index contributed by atoms with van der Waals surface area (Å²) in [6, 6.07) is -0.0961. The molecule has 1 aliphatic carbocycles. The molecule has 2 heteroatoms. The van der Waals surface area contributed by atoms with Crippen LogP contribution in [0.3, 0.4) is 0 Å². The molecule has 12 heavy (non-hydrogen) atoms. The van der Waals surface area contributed by atoms with E-state index in [1.54, 1.807) is 0 Å². The normalized spacial score (nSPS) is 51.8. The van der Waals surface area contributed by atoms with E-state index >= 15 is 0 Å². The van der Waals surface area contributed by atoms with Crippen LogP contribution in [0.5, 0.6) is 0 Å². The molecule has 4 atom stereocenters. The lowest BCUT2D eigenvalue weighted by Crippen LogP contribution is -2.33. The lowest BCUT2D eigenvalue weighted by Gasteiger charge is -2.30. The predicted octanol–water partition coefficient (Wildman–Crippen LogP) is 1.87. The molecule has 1 saturated carbocycles. The van der Waals surface area contributed by atoms with Crippen molar-refractivity contribution in [2.75, 3.05) is 0 Å². The molecule has 2 fully saturated rings. The molecule has 0 aromatic heterocycles. The average molecular weight is 162 g/mol. The number of ether oxygens (including phenoxy) is 1. The Labute approximate surface area is 75.6 Å². The Balaban J connectivity index is 2.34. The van der Waals surface area contributed by atoms with Gasteiger partial charge in [-0.15, -0.1) is 0 Å². The van der Waals surface area contributed by atoms with Gasteiger partial charge in [-0.2, -0.15) is 0 Å². The van der Waals surface area contributed by atoms with Gasteiger partial charge in [-0.1, -0.05) is 26.0 Å². The number of fused-ring (bicyclic) bond motifs is 2. The van der Waals surface area contributed by atoms with E-state index in [2.05, 4.69) is 20.4 Å². The second-order valence-electron chi connectivity index (χ2n) is 4.15. The lowest BCUT2D eigenvalue weighted by atomic mass is 9.80. The predicted molar refractivity (Wildman–Crippen MR) is 50.1 cm³/mol. The van der Waals surface area contributed by atoms with Crippen molar-refractivity contribution in [1.29, 1.82) is 0 Å². The molecule has 0 spiro atoms. The third-order valence-corrected chi connectivity index (χ3v) is 3.69. The minimum absolute atomic E-state index is 0.0289. The van der Waals surface area contributed by atoms with Crippen molar-refractivity contribution in [3.63, 3.8) is 0 Å². The van der Waals surface area contributed by atoms with Crippen LogP contribution in [0, 0.1) is 11.8 Å². The summed E-state index contributed by atoms with van der Waals surface area (Å²) in [7, 11) is 5.88. The first-order chi connectivity index (χ1) is 5.60. The van der Waals surface area contributed by atoms with Gasteiger partial charge in [0, 0.05) is 11.9 Å². The van der Waals surface area contributed by atoms with Crippen LogP contribution < -0.4 is 0 Å². The zero-order valence-electron chi connectivity index (χ0n) is 7.84. The molecule has 0 amide bonds. The zero-order valence-corrected chi connectivity index (χ0v) is 7.84. The molecule has 2 bridgehead atoms. The van der Waals surface area contributed by atoms with Crippen molar-refractivity contribution in [2.24, 2.45) is 11.8 Å². The highest BCUT2D eigenvalue weighted by atomic mass is 16.5. The van der Waals surface area contributed by atoms with Crippen LogP contribution in [0.4, 0.5) is 0 Å². The van der Waals surface area contributed by atoms with E-state index in [0.29, 0.717) is 11.8 Å². The highest BCUT2D eigenvalue weighted by Gasteiger charge is 2.56. The minimum Gasteiger partial charge on any atom is -0.380 e. The van der Waals surface area contributed by atoms with E-state index in [-0.39, 0.29) is 11.6 Å². The monoisotopic (exact) mass is 162 g/mol. The van der Waals surface area contributed by atoms with Crippen molar-refractivity contribution in [3.8, 4) is 0 Å². The van der Waals surface area contributed by atoms with Gasteiger partial charge in [-0.25, -0.2) is 0 Å². The van der Waals surface area contributed by atoms with Crippen LogP contribution in [0.1, 0.15) is 26.7 Å². The van der Waals surface area contributed by atoms with E-state index in [9.17, 15) is 0 Å². The first-order valence-corrected chi connectivity index (χ1v) is 4.72. The summed E-state index contributed by atoms with van der Waals surface area (Å²) < 4.78 is 5.80. The molecule has 64 valence electrons. The van der Waals surface area contributed by atoms with Crippen molar-refractivity contribution in [2.45, 2.75) is 38.3 Å². The largest absolute Gasteiger partial charge is 0.380 e. The summed E-state index contributed by atoms with van der Waals surface area (Å²) in [4.78, 5) is 0. The van der Waals surface area contributed by atoms with Crippen LogP contribution in [-0.4, -0.2) is 19.5 Å². The Bertz CT molecular complexity index is 226. The molecule has 2 aliphatic rings. The Morgan fingerprint density at radius 1 is 1.75 bits per heavy atom. The fourth-order valence-electron chi connectivity index (χ4n) is 2.88. The van der Waals surface area contributed by atoms with E-state index in [4.69, 9.17) is 12.6 Å². The maximum absolute atomic E-state index is 5.88. The summed E-state index contributed by atoms with van der Waals surface area (Å²) in [6.45, 7) is 8.48. The molecule has 0 aromatic carbocycles. The molecule has 0 N–H and O–H groups in total. The summed E-state index contributed by atoms with van der Waals surface area (Å²) in [6.07, 6.45) is 2.07. The number of hydrogen-bond donors (Lipinski definition) is 0. The fraction of sp³-hybridized carbons (Fsp3) is 0.800. The molecular formula is C10H15BO. The second kappa shape index (κ2) is 2.38. The molecule has 1 saturated heterocycles. The zero-order chi connectivity index (χ0) is 8.93. The van der Waals surface area contributed by atoms with E-state index < -0.39 is 0 Å². The quantitative estimate of drug-likeness (QED) is 0.422. The van der Waals surface area contributed by atoms with Gasteiger partial charge in [-0.05, 0) is 18.8 Å². The van der Waals surface area contributed by atoms with Crippen LogP contribution >= 0.6 is 0 Å². The van der Waals surface area contributed by atoms with Crippen LogP contribution in [0.2, 0.25) is 0 Å². The summed E-state index contributed by atoms with van der Waals surface area (Å²) >= 11 is 0. The highest BCUT2D eigenvalue weighted by Crippen LogP contribution is 2.55. The van der Waals surface area contributed by atoms with Gasteiger partial charge in [0.1, 0.15) is 7.85 Å². The summed E-state index contributed by atoms with van der Waals surface area (Å²) in [5, 5.41) is 0. The Kier molecular flexibility index (Phi) is 1.66. The maximum atomic E-state index is 5.88. The molecule has 1 nitrogen and oxygen atoms in total. The van der Waals surface area contributed by atoms with E-state index in [1.807, 2.05) is 0 Å². The maximum Gasteiger partial charge on any atom is 0.109 e. The fourth-order valence-corrected chi connectivity index (χ4v) is 2.88. The van der Waals surface area contributed by atoms with Crippen LogP contribution in [-0.2, 0) is 4.74 Å². The van der Waals surface area contributed by atoms with Crippen LogP contribution in [0.15, 0.2) is 12.2 Å². The van der Waals surface area contributed by atoms with Gasteiger partial charge in [0.05, 0.1) is 5.60 Å². The number of rotatable bonds is 1. The second-order valence-corrected chi connectivity index (χ2v) is 4.15.